The highest BCUT2D eigenvalue weighted by molar-refractivity contribution is 6.05. The molecule has 0 aliphatic heterocycles. The van der Waals surface area contributed by atoms with Crippen LogP contribution in [0.4, 0.5) is 5.69 Å². The first-order chi connectivity index (χ1) is 17.2. The summed E-state index contributed by atoms with van der Waals surface area (Å²) >= 11 is 0. The van der Waals surface area contributed by atoms with Gasteiger partial charge in [0.05, 0.1) is 19.4 Å². The van der Waals surface area contributed by atoms with E-state index in [1.807, 2.05) is 93.0 Å². The molecule has 0 aliphatic carbocycles. The molecule has 2 aromatic carbocycles. The summed E-state index contributed by atoms with van der Waals surface area (Å²) in [7, 11) is 1.59. The van der Waals surface area contributed by atoms with Crippen molar-refractivity contribution in [3.8, 4) is 17.0 Å². The Morgan fingerprint density at radius 2 is 1.77 bits per heavy atom. The maximum atomic E-state index is 12.9. The number of imidazole rings is 1. The van der Waals surface area contributed by atoms with Crippen LogP contribution in [0, 0.1) is 0 Å². The van der Waals surface area contributed by atoms with Crippen LogP contribution in [0.2, 0.25) is 0 Å². The summed E-state index contributed by atoms with van der Waals surface area (Å²) in [4.78, 5) is 17.5. The number of pyridine rings is 1. The van der Waals surface area contributed by atoms with Gasteiger partial charge in [0.1, 0.15) is 11.4 Å². The van der Waals surface area contributed by atoms with Gasteiger partial charge >= 0.3 is 0 Å². The van der Waals surface area contributed by atoms with Crippen LogP contribution in [0.15, 0.2) is 73.1 Å². The van der Waals surface area contributed by atoms with Gasteiger partial charge in [0.2, 0.25) is 0 Å². The second kappa shape index (κ2) is 14.6. The van der Waals surface area contributed by atoms with Crippen molar-refractivity contribution in [2.24, 2.45) is 0 Å². The van der Waals surface area contributed by atoms with Crippen LogP contribution in [0.25, 0.3) is 16.9 Å². The number of fused-ring (bicyclic) bond motifs is 1. The number of hydrogen-bond donors (Lipinski definition) is 3. The van der Waals surface area contributed by atoms with Crippen molar-refractivity contribution >= 4 is 17.2 Å². The van der Waals surface area contributed by atoms with Crippen LogP contribution >= 0.6 is 0 Å². The molecule has 0 spiro atoms. The Kier molecular flexibility index (Phi) is 11.5. The topological polar surface area (TPSA) is 87.9 Å². The molecule has 0 bridgehead atoms. The SMILES string of the molecule is CC.CC.COc1ccc(C(=O)Nc2ccc(-c3cn4ccccc4n3)cc2)c(CNCCO)c1. The van der Waals surface area contributed by atoms with Gasteiger partial charge in [-0.1, -0.05) is 45.9 Å². The Hall–Kier alpha value is -3.68. The number of methoxy groups -OCH3 is 1. The number of rotatable bonds is 8. The number of carbonyl (C=O) groups is 1. The number of hydrogen-bond acceptors (Lipinski definition) is 5. The van der Waals surface area contributed by atoms with Crippen LogP contribution in [-0.4, -0.2) is 40.7 Å². The molecule has 2 heterocycles. The predicted octanol–water partition coefficient (Wildman–Crippen LogP) is 5.40. The van der Waals surface area contributed by atoms with Crippen molar-refractivity contribution in [2.45, 2.75) is 34.2 Å². The Bertz CT molecular complexity index is 1150. The Balaban J connectivity index is 0.00000103. The minimum absolute atomic E-state index is 0.0319. The van der Waals surface area contributed by atoms with Gasteiger partial charge in [0, 0.05) is 42.3 Å². The van der Waals surface area contributed by atoms with E-state index in [-0.39, 0.29) is 12.5 Å². The van der Waals surface area contributed by atoms with E-state index in [1.54, 1.807) is 19.2 Å². The Morgan fingerprint density at radius 1 is 1.03 bits per heavy atom. The van der Waals surface area contributed by atoms with Crippen molar-refractivity contribution in [2.75, 3.05) is 25.6 Å². The van der Waals surface area contributed by atoms with E-state index in [4.69, 9.17) is 9.84 Å². The largest absolute Gasteiger partial charge is 0.497 e. The molecule has 7 heteroatoms. The van der Waals surface area contributed by atoms with Gasteiger partial charge in [-0.05, 0) is 48.0 Å². The average Bonchev–Trinajstić information content (AvgIpc) is 3.36. The number of aliphatic hydroxyl groups excluding tert-OH is 1. The summed E-state index contributed by atoms with van der Waals surface area (Å²) in [5.74, 6) is 0.470. The van der Waals surface area contributed by atoms with E-state index < -0.39 is 0 Å². The standard InChI is InChI=1S/C24H24N4O3.2C2H6/c1-31-20-9-10-21(18(14-20)15-25-11-13-29)24(30)26-19-7-5-17(6-8-19)22-16-28-12-3-2-4-23(28)27-22;2*1-2/h2-10,12,14,16,25,29H,11,13,15H2,1H3,(H,26,30);2*1-2H3. The van der Waals surface area contributed by atoms with E-state index in [0.29, 0.717) is 30.1 Å². The molecule has 0 fully saturated rings. The number of anilines is 1. The first kappa shape index (κ1) is 27.6. The summed E-state index contributed by atoms with van der Waals surface area (Å²) in [6.45, 7) is 8.93. The van der Waals surface area contributed by atoms with Crippen molar-refractivity contribution in [3.05, 3.63) is 84.2 Å². The predicted molar refractivity (Wildman–Crippen MR) is 143 cm³/mol. The van der Waals surface area contributed by atoms with Gasteiger partial charge in [-0.3, -0.25) is 4.79 Å². The molecule has 0 atom stereocenters. The molecule has 7 nitrogen and oxygen atoms in total. The highest BCUT2D eigenvalue weighted by Crippen LogP contribution is 2.23. The molecule has 1 amide bonds. The summed E-state index contributed by atoms with van der Waals surface area (Å²) in [5.41, 5.74) is 4.78. The van der Waals surface area contributed by atoms with Gasteiger partial charge < -0.3 is 24.9 Å². The molecule has 186 valence electrons. The molecule has 0 radical (unpaired) electrons. The lowest BCUT2D eigenvalue weighted by Gasteiger charge is -2.13. The summed E-state index contributed by atoms with van der Waals surface area (Å²) in [5, 5.41) is 15.0. The van der Waals surface area contributed by atoms with Crippen molar-refractivity contribution in [1.29, 1.82) is 0 Å². The summed E-state index contributed by atoms with van der Waals surface area (Å²) < 4.78 is 7.25. The zero-order valence-electron chi connectivity index (χ0n) is 21.2. The van der Waals surface area contributed by atoms with Crippen LogP contribution in [0.1, 0.15) is 43.6 Å². The maximum absolute atomic E-state index is 12.9. The lowest BCUT2D eigenvalue weighted by atomic mass is 10.1. The van der Waals surface area contributed by atoms with Crippen LogP contribution in [-0.2, 0) is 6.54 Å². The zero-order chi connectivity index (χ0) is 25.6. The zero-order valence-corrected chi connectivity index (χ0v) is 21.2. The van der Waals surface area contributed by atoms with E-state index in [2.05, 4.69) is 15.6 Å². The maximum Gasteiger partial charge on any atom is 0.255 e. The third-order valence-electron chi connectivity index (χ3n) is 4.96. The number of benzene rings is 2. The molecular weight excluding hydrogens is 440 g/mol. The van der Waals surface area contributed by atoms with Crippen molar-refractivity contribution in [1.82, 2.24) is 14.7 Å². The number of nitrogens with zero attached hydrogens (tertiary/aromatic N) is 2. The van der Waals surface area contributed by atoms with Crippen LogP contribution in [0.5, 0.6) is 5.75 Å². The van der Waals surface area contributed by atoms with Crippen LogP contribution < -0.4 is 15.4 Å². The molecule has 4 aromatic rings. The molecule has 0 aliphatic rings. The quantitative estimate of drug-likeness (QED) is 0.297. The molecule has 3 N–H and O–H groups in total. The highest BCUT2D eigenvalue weighted by atomic mass is 16.5. The number of aromatic nitrogens is 2. The summed E-state index contributed by atoms with van der Waals surface area (Å²) in [6, 6.07) is 18.8. The molecule has 0 unspecified atom stereocenters. The fraction of sp³-hybridized carbons (Fsp3) is 0.286. The van der Waals surface area contributed by atoms with Gasteiger partial charge in [-0.15, -0.1) is 0 Å². The third-order valence-corrected chi connectivity index (χ3v) is 4.96. The number of aliphatic hydroxyl groups is 1. The van der Waals surface area contributed by atoms with Gasteiger partial charge in [-0.25, -0.2) is 4.98 Å². The van der Waals surface area contributed by atoms with E-state index >= 15 is 0 Å². The number of nitrogens with one attached hydrogen (secondary N) is 2. The smallest absolute Gasteiger partial charge is 0.255 e. The fourth-order valence-corrected chi connectivity index (χ4v) is 3.36. The molecule has 2 aromatic heterocycles. The first-order valence-corrected chi connectivity index (χ1v) is 12.0. The summed E-state index contributed by atoms with van der Waals surface area (Å²) in [6.07, 6.45) is 3.94. The van der Waals surface area contributed by atoms with Gasteiger partial charge in [-0.2, -0.15) is 0 Å². The lowest BCUT2D eigenvalue weighted by Crippen LogP contribution is -2.21. The molecule has 4 rings (SSSR count). The van der Waals surface area contributed by atoms with Gasteiger partial charge in [0.25, 0.3) is 5.91 Å². The Morgan fingerprint density at radius 3 is 2.43 bits per heavy atom. The van der Waals surface area contributed by atoms with Crippen molar-refractivity contribution < 1.29 is 14.6 Å². The number of ether oxygens (including phenoxy) is 1. The van der Waals surface area contributed by atoms with Gasteiger partial charge in [0.15, 0.2) is 0 Å². The minimum Gasteiger partial charge on any atom is -0.497 e. The monoisotopic (exact) mass is 476 g/mol. The average molecular weight is 477 g/mol. The first-order valence-electron chi connectivity index (χ1n) is 12.0. The van der Waals surface area contributed by atoms with E-state index in [9.17, 15) is 4.79 Å². The normalized spacial score (nSPS) is 10.0. The lowest BCUT2D eigenvalue weighted by molar-refractivity contribution is 0.102. The number of carbonyl (C=O) groups excluding carboxylic acids is 1. The minimum atomic E-state index is -0.205. The molecule has 35 heavy (non-hydrogen) atoms. The van der Waals surface area contributed by atoms with Crippen LogP contribution in [0.3, 0.4) is 0 Å². The van der Waals surface area contributed by atoms with E-state index in [0.717, 1.165) is 22.5 Å². The second-order valence-electron chi connectivity index (χ2n) is 7.05. The molecule has 0 saturated heterocycles. The third kappa shape index (κ3) is 7.40. The second-order valence-corrected chi connectivity index (χ2v) is 7.05. The fourth-order valence-electron chi connectivity index (χ4n) is 3.36. The molecular formula is C28H36N4O3. The highest BCUT2D eigenvalue weighted by Gasteiger charge is 2.13. The number of amides is 1. The van der Waals surface area contributed by atoms with E-state index in [1.165, 1.54) is 0 Å². The van der Waals surface area contributed by atoms with Crippen molar-refractivity contribution in [3.63, 3.8) is 0 Å². The Labute approximate surface area is 207 Å². The molecule has 0 saturated carbocycles.